The second kappa shape index (κ2) is 7.25. The Morgan fingerprint density at radius 1 is 1.23 bits per heavy atom. The Kier molecular flexibility index (Phi) is 5.11. The van der Waals surface area contributed by atoms with Crippen LogP contribution in [0.2, 0.25) is 0 Å². The van der Waals surface area contributed by atoms with Crippen LogP contribution in [0.3, 0.4) is 0 Å². The minimum Gasteiger partial charge on any atom is -0.337 e. The zero-order chi connectivity index (χ0) is 15.4. The topological polar surface area (TPSA) is 35.6 Å². The van der Waals surface area contributed by atoms with Gasteiger partial charge in [-0.2, -0.15) is 0 Å². The van der Waals surface area contributed by atoms with Crippen LogP contribution in [0, 0.1) is 0 Å². The summed E-state index contributed by atoms with van der Waals surface area (Å²) in [5.74, 6) is 0.184. The summed E-state index contributed by atoms with van der Waals surface area (Å²) in [6.45, 7) is 5.06. The molecule has 1 N–H and O–H groups in total. The number of rotatable bonds is 4. The van der Waals surface area contributed by atoms with Crippen molar-refractivity contribution in [3.63, 3.8) is 0 Å². The summed E-state index contributed by atoms with van der Waals surface area (Å²) in [4.78, 5) is 17.2. The first-order valence-electron chi connectivity index (χ1n) is 8.54. The summed E-state index contributed by atoms with van der Waals surface area (Å²) < 4.78 is 0. The lowest BCUT2D eigenvalue weighted by Gasteiger charge is -2.32. The van der Waals surface area contributed by atoms with Gasteiger partial charge in [0, 0.05) is 31.2 Å². The standard InChI is InChI=1S/C18H27N3O/c1-19-17-8-5-11-21(14-17)18(22)16-7-4-6-15(12-16)13-20-9-2-3-10-20/h4,6-7,12,17,19H,2-3,5,8-11,13-14H2,1H3/t17-/m0/s1. The number of carbonyl (C=O) groups excluding carboxylic acids is 1. The molecule has 4 nitrogen and oxygen atoms in total. The molecule has 22 heavy (non-hydrogen) atoms. The molecule has 0 spiro atoms. The number of likely N-dealkylation sites (tertiary alicyclic amines) is 2. The molecule has 0 unspecified atom stereocenters. The van der Waals surface area contributed by atoms with Crippen LogP contribution in [-0.2, 0) is 6.54 Å². The lowest BCUT2D eigenvalue weighted by atomic mass is 10.0. The van der Waals surface area contributed by atoms with E-state index in [9.17, 15) is 4.79 Å². The van der Waals surface area contributed by atoms with Crippen molar-refractivity contribution in [1.82, 2.24) is 15.1 Å². The molecule has 2 aliphatic rings. The molecule has 1 aromatic rings. The fourth-order valence-electron chi connectivity index (χ4n) is 3.58. The van der Waals surface area contributed by atoms with E-state index in [-0.39, 0.29) is 5.91 Å². The van der Waals surface area contributed by atoms with E-state index in [0.717, 1.165) is 38.0 Å². The SMILES string of the molecule is CN[C@H]1CCCN(C(=O)c2cccc(CN3CCCC3)c2)C1. The molecule has 0 aliphatic carbocycles. The molecule has 2 fully saturated rings. The van der Waals surface area contributed by atoms with Gasteiger partial charge < -0.3 is 10.2 Å². The van der Waals surface area contributed by atoms with Crippen LogP contribution in [-0.4, -0.2) is 55.0 Å². The monoisotopic (exact) mass is 301 g/mol. The van der Waals surface area contributed by atoms with Gasteiger partial charge in [0.2, 0.25) is 0 Å². The van der Waals surface area contributed by atoms with Crippen molar-refractivity contribution in [3.05, 3.63) is 35.4 Å². The van der Waals surface area contributed by atoms with Crippen LogP contribution in [0.15, 0.2) is 24.3 Å². The number of nitrogens with zero attached hydrogens (tertiary/aromatic N) is 2. The first-order valence-corrected chi connectivity index (χ1v) is 8.54. The maximum absolute atomic E-state index is 12.7. The second-order valence-corrected chi connectivity index (χ2v) is 6.56. The Hall–Kier alpha value is -1.39. The van der Waals surface area contributed by atoms with Crippen molar-refractivity contribution in [2.24, 2.45) is 0 Å². The van der Waals surface area contributed by atoms with Crippen LogP contribution in [0.25, 0.3) is 0 Å². The highest BCUT2D eigenvalue weighted by Gasteiger charge is 2.23. The van der Waals surface area contributed by atoms with E-state index in [1.807, 2.05) is 24.1 Å². The van der Waals surface area contributed by atoms with Crippen LogP contribution in [0.5, 0.6) is 0 Å². The number of benzene rings is 1. The quantitative estimate of drug-likeness (QED) is 0.925. The molecule has 4 heteroatoms. The number of hydrogen-bond acceptors (Lipinski definition) is 3. The molecule has 0 radical (unpaired) electrons. The summed E-state index contributed by atoms with van der Waals surface area (Å²) in [5, 5.41) is 3.30. The largest absolute Gasteiger partial charge is 0.337 e. The van der Waals surface area contributed by atoms with E-state index in [4.69, 9.17) is 0 Å². The van der Waals surface area contributed by atoms with Crippen LogP contribution >= 0.6 is 0 Å². The van der Waals surface area contributed by atoms with E-state index in [1.165, 1.54) is 31.5 Å². The average molecular weight is 301 g/mol. The van der Waals surface area contributed by atoms with E-state index in [1.54, 1.807) is 0 Å². The minimum absolute atomic E-state index is 0.184. The number of piperidine rings is 1. The fraction of sp³-hybridized carbons (Fsp3) is 0.611. The van der Waals surface area contributed by atoms with Gasteiger partial charge in [0.15, 0.2) is 0 Å². The zero-order valence-electron chi connectivity index (χ0n) is 13.6. The molecule has 2 aliphatic heterocycles. The van der Waals surface area contributed by atoms with Gasteiger partial charge in [0.25, 0.3) is 5.91 Å². The van der Waals surface area contributed by atoms with Gasteiger partial charge in [-0.3, -0.25) is 9.69 Å². The molecule has 2 heterocycles. The third-order valence-electron chi connectivity index (χ3n) is 4.90. The van der Waals surface area contributed by atoms with Gasteiger partial charge in [-0.25, -0.2) is 0 Å². The van der Waals surface area contributed by atoms with Crippen molar-refractivity contribution in [2.75, 3.05) is 33.2 Å². The minimum atomic E-state index is 0.184. The van der Waals surface area contributed by atoms with E-state index in [0.29, 0.717) is 6.04 Å². The Morgan fingerprint density at radius 2 is 2.05 bits per heavy atom. The number of hydrogen-bond donors (Lipinski definition) is 1. The van der Waals surface area contributed by atoms with Crippen molar-refractivity contribution in [3.8, 4) is 0 Å². The first kappa shape index (κ1) is 15.5. The summed E-state index contributed by atoms with van der Waals surface area (Å²) in [5.41, 5.74) is 2.10. The number of likely N-dealkylation sites (N-methyl/N-ethyl adjacent to an activating group) is 1. The molecular weight excluding hydrogens is 274 g/mol. The van der Waals surface area contributed by atoms with Crippen molar-refractivity contribution in [1.29, 1.82) is 0 Å². The fourth-order valence-corrected chi connectivity index (χ4v) is 3.58. The molecule has 3 rings (SSSR count). The Balaban J connectivity index is 1.66. The number of amides is 1. The lowest BCUT2D eigenvalue weighted by molar-refractivity contribution is 0.0698. The smallest absolute Gasteiger partial charge is 0.253 e. The highest BCUT2D eigenvalue weighted by Crippen LogP contribution is 2.17. The Labute approximate surface area is 133 Å². The predicted molar refractivity (Wildman–Crippen MR) is 88.9 cm³/mol. The van der Waals surface area contributed by atoms with Gasteiger partial charge >= 0.3 is 0 Å². The number of nitrogens with one attached hydrogen (secondary N) is 1. The average Bonchev–Trinajstić information content (AvgIpc) is 3.07. The highest BCUT2D eigenvalue weighted by atomic mass is 16.2. The van der Waals surface area contributed by atoms with Gasteiger partial charge in [-0.05, 0) is 63.5 Å². The molecule has 1 amide bonds. The van der Waals surface area contributed by atoms with Crippen LogP contribution < -0.4 is 5.32 Å². The Morgan fingerprint density at radius 3 is 2.82 bits per heavy atom. The summed E-state index contributed by atoms with van der Waals surface area (Å²) >= 11 is 0. The lowest BCUT2D eigenvalue weighted by Crippen LogP contribution is -2.46. The molecule has 1 atom stereocenters. The van der Waals surface area contributed by atoms with E-state index >= 15 is 0 Å². The van der Waals surface area contributed by atoms with Gasteiger partial charge in [-0.1, -0.05) is 12.1 Å². The maximum atomic E-state index is 12.7. The third-order valence-corrected chi connectivity index (χ3v) is 4.90. The normalized spacial score (nSPS) is 23.0. The number of carbonyl (C=O) groups is 1. The van der Waals surface area contributed by atoms with Gasteiger partial charge in [-0.15, -0.1) is 0 Å². The molecular formula is C18H27N3O. The maximum Gasteiger partial charge on any atom is 0.253 e. The third kappa shape index (κ3) is 3.68. The predicted octanol–water partition coefficient (Wildman–Crippen LogP) is 2.11. The zero-order valence-corrected chi connectivity index (χ0v) is 13.6. The summed E-state index contributed by atoms with van der Waals surface area (Å²) in [6.07, 6.45) is 4.86. The van der Waals surface area contributed by atoms with Crippen molar-refractivity contribution < 1.29 is 4.79 Å². The van der Waals surface area contributed by atoms with Gasteiger partial charge in [0.05, 0.1) is 0 Å². The molecule has 0 aromatic heterocycles. The molecule has 0 saturated carbocycles. The molecule has 1 aromatic carbocycles. The van der Waals surface area contributed by atoms with E-state index in [2.05, 4.69) is 22.3 Å². The van der Waals surface area contributed by atoms with Crippen molar-refractivity contribution >= 4 is 5.91 Å². The summed E-state index contributed by atoms with van der Waals surface area (Å²) in [6, 6.07) is 8.65. The molecule has 0 bridgehead atoms. The van der Waals surface area contributed by atoms with Gasteiger partial charge in [0.1, 0.15) is 0 Å². The molecule has 120 valence electrons. The Bertz CT molecular complexity index is 511. The van der Waals surface area contributed by atoms with Crippen LogP contribution in [0.4, 0.5) is 0 Å². The van der Waals surface area contributed by atoms with E-state index < -0.39 is 0 Å². The second-order valence-electron chi connectivity index (χ2n) is 6.56. The summed E-state index contributed by atoms with van der Waals surface area (Å²) in [7, 11) is 1.98. The van der Waals surface area contributed by atoms with Crippen molar-refractivity contribution in [2.45, 2.75) is 38.3 Å². The first-order chi connectivity index (χ1) is 10.8. The molecule has 2 saturated heterocycles. The van der Waals surface area contributed by atoms with Crippen LogP contribution in [0.1, 0.15) is 41.6 Å². The highest BCUT2D eigenvalue weighted by molar-refractivity contribution is 5.94.